The second-order valence-electron chi connectivity index (χ2n) is 6.01. The molecular weight excluding hydrogens is 410 g/mol. The second kappa shape index (κ2) is 9.36. The van der Waals surface area contributed by atoms with Gasteiger partial charge in [-0.15, -0.1) is 0 Å². The first kappa shape index (κ1) is 21.3. The molecule has 0 radical (unpaired) electrons. The number of nitrogens with zero attached hydrogens (tertiary/aromatic N) is 1. The molecule has 1 heterocycles. The number of hydrogen-bond acceptors (Lipinski definition) is 7. The van der Waals surface area contributed by atoms with Gasteiger partial charge in [-0.2, -0.15) is 0 Å². The Morgan fingerprint density at radius 3 is 2.57 bits per heavy atom. The smallest absolute Gasteiger partial charge is 0.341 e. The minimum atomic E-state index is -1.11. The van der Waals surface area contributed by atoms with Crippen molar-refractivity contribution in [2.45, 2.75) is 6.92 Å². The van der Waals surface area contributed by atoms with Gasteiger partial charge in [0.1, 0.15) is 5.75 Å². The van der Waals surface area contributed by atoms with Gasteiger partial charge >= 0.3 is 5.97 Å². The number of anilines is 1. The summed E-state index contributed by atoms with van der Waals surface area (Å²) in [7, 11) is 1.47. The Balaban J connectivity index is 1.89. The van der Waals surface area contributed by atoms with E-state index < -0.39 is 23.7 Å². The zero-order chi connectivity index (χ0) is 21.7. The predicted octanol–water partition coefficient (Wildman–Crippen LogP) is 3.80. The molecule has 2 amide bonds. The van der Waals surface area contributed by atoms with Crippen molar-refractivity contribution in [2.24, 2.45) is 0 Å². The number of carbonyl (C=O) groups is 3. The van der Waals surface area contributed by atoms with Gasteiger partial charge in [0.2, 0.25) is 0 Å². The highest BCUT2D eigenvalue weighted by molar-refractivity contribution is 8.19. The molecule has 0 atom stereocenters. The van der Waals surface area contributed by atoms with Crippen LogP contribution in [0, 0.1) is 0 Å². The van der Waals surface area contributed by atoms with Crippen molar-refractivity contribution in [3.63, 3.8) is 0 Å². The average Bonchev–Trinajstić information content (AvgIpc) is 3.00. The Hall–Kier alpha value is -3.46. The average molecular weight is 429 g/mol. The number of carbonyl (C=O) groups excluding carboxylic acids is 2. The van der Waals surface area contributed by atoms with Gasteiger partial charge in [-0.05, 0) is 54.6 Å². The zero-order valence-electron chi connectivity index (χ0n) is 16.3. The van der Waals surface area contributed by atoms with Gasteiger partial charge in [0.05, 0.1) is 24.3 Å². The number of hydrogen-bond donors (Lipinski definition) is 1. The molecule has 1 aliphatic heterocycles. The number of amides is 2. The third kappa shape index (κ3) is 4.57. The number of thioether (sulfide) groups is 1. The summed E-state index contributed by atoms with van der Waals surface area (Å²) in [5, 5.41) is 8.36. The predicted molar refractivity (Wildman–Crippen MR) is 112 cm³/mol. The van der Waals surface area contributed by atoms with E-state index in [0.29, 0.717) is 29.4 Å². The van der Waals surface area contributed by atoms with E-state index >= 15 is 0 Å². The molecule has 2 aromatic carbocycles. The van der Waals surface area contributed by atoms with Crippen LogP contribution in [0.4, 0.5) is 10.5 Å². The lowest BCUT2D eigenvalue weighted by Gasteiger charge is -2.15. The Morgan fingerprint density at radius 2 is 1.87 bits per heavy atom. The Kier molecular flexibility index (Phi) is 6.63. The largest absolute Gasteiger partial charge is 0.495 e. The molecule has 1 fully saturated rings. The van der Waals surface area contributed by atoms with Crippen molar-refractivity contribution in [3.8, 4) is 17.2 Å². The molecule has 0 aliphatic carbocycles. The van der Waals surface area contributed by atoms with Crippen LogP contribution in [0.2, 0.25) is 0 Å². The minimum absolute atomic E-state index is 0.243. The fourth-order valence-corrected chi connectivity index (χ4v) is 3.62. The van der Waals surface area contributed by atoms with E-state index in [-0.39, 0.29) is 10.7 Å². The lowest BCUT2D eigenvalue weighted by atomic mass is 10.1. The van der Waals surface area contributed by atoms with Crippen LogP contribution in [-0.4, -0.2) is 42.5 Å². The lowest BCUT2D eigenvalue weighted by molar-refractivity contribution is -0.139. The molecule has 8 nitrogen and oxygen atoms in total. The number of methoxy groups -OCH3 is 1. The topological polar surface area (TPSA) is 102 Å². The van der Waals surface area contributed by atoms with Crippen LogP contribution in [-0.2, 0) is 9.59 Å². The zero-order valence-corrected chi connectivity index (χ0v) is 17.1. The maximum Gasteiger partial charge on any atom is 0.341 e. The number of carboxylic acid groups (broad SMARTS) is 1. The monoisotopic (exact) mass is 429 g/mol. The molecule has 0 spiro atoms. The first-order valence-electron chi connectivity index (χ1n) is 8.97. The fourth-order valence-electron chi connectivity index (χ4n) is 2.78. The highest BCUT2D eigenvalue weighted by Gasteiger charge is 2.37. The second-order valence-corrected chi connectivity index (χ2v) is 7.00. The van der Waals surface area contributed by atoms with Crippen molar-refractivity contribution >= 4 is 40.6 Å². The van der Waals surface area contributed by atoms with Crippen molar-refractivity contribution in [2.75, 3.05) is 25.2 Å². The number of imide groups is 1. The van der Waals surface area contributed by atoms with Crippen LogP contribution in [0.5, 0.6) is 17.2 Å². The molecule has 0 unspecified atom stereocenters. The van der Waals surface area contributed by atoms with Crippen LogP contribution in [0.1, 0.15) is 12.5 Å². The number of ether oxygens (including phenoxy) is 3. The molecule has 0 saturated carbocycles. The van der Waals surface area contributed by atoms with E-state index in [1.165, 1.54) is 7.11 Å². The fraction of sp³-hybridized carbons (Fsp3) is 0.190. The van der Waals surface area contributed by atoms with Gasteiger partial charge in [0, 0.05) is 0 Å². The van der Waals surface area contributed by atoms with Gasteiger partial charge < -0.3 is 19.3 Å². The summed E-state index contributed by atoms with van der Waals surface area (Å²) < 4.78 is 16.0. The van der Waals surface area contributed by atoms with Crippen molar-refractivity contribution in [1.29, 1.82) is 0 Å². The van der Waals surface area contributed by atoms with Crippen LogP contribution in [0.15, 0.2) is 47.4 Å². The van der Waals surface area contributed by atoms with Crippen LogP contribution < -0.4 is 19.1 Å². The van der Waals surface area contributed by atoms with Crippen LogP contribution in [0.25, 0.3) is 6.08 Å². The van der Waals surface area contributed by atoms with E-state index in [1.54, 1.807) is 55.5 Å². The Bertz CT molecular complexity index is 1020. The van der Waals surface area contributed by atoms with Gasteiger partial charge in [0.25, 0.3) is 11.1 Å². The SMILES string of the molecule is CCOc1cc(/C=C2\SC(=O)N(c3ccccc3OC)C2=O)ccc1OCC(=O)O. The quantitative estimate of drug-likeness (QED) is 0.632. The molecular formula is C21H19NO7S. The maximum absolute atomic E-state index is 12.9. The highest BCUT2D eigenvalue weighted by Crippen LogP contribution is 2.40. The maximum atomic E-state index is 12.9. The summed E-state index contributed by atoms with van der Waals surface area (Å²) in [6, 6.07) is 11.6. The Labute approximate surface area is 177 Å². The molecule has 1 N–H and O–H groups in total. The highest BCUT2D eigenvalue weighted by atomic mass is 32.2. The third-order valence-corrected chi connectivity index (χ3v) is 4.91. The van der Waals surface area contributed by atoms with Crippen molar-refractivity contribution in [1.82, 2.24) is 0 Å². The van der Waals surface area contributed by atoms with Gasteiger partial charge in [-0.3, -0.25) is 9.59 Å². The molecule has 0 bridgehead atoms. The summed E-state index contributed by atoms with van der Waals surface area (Å²) in [5.41, 5.74) is 0.977. The summed E-state index contributed by atoms with van der Waals surface area (Å²) >= 11 is 0.821. The van der Waals surface area contributed by atoms with E-state index in [4.69, 9.17) is 19.3 Å². The summed E-state index contributed by atoms with van der Waals surface area (Å²) in [6.07, 6.45) is 1.57. The molecule has 1 saturated heterocycles. The van der Waals surface area contributed by atoms with Crippen molar-refractivity contribution in [3.05, 3.63) is 52.9 Å². The van der Waals surface area contributed by atoms with Crippen LogP contribution in [0.3, 0.4) is 0 Å². The van der Waals surface area contributed by atoms with Crippen molar-refractivity contribution < 1.29 is 33.7 Å². The lowest BCUT2D eigenvalue weighted by Crippen LogP contribution is -2.28. The van der Waals surface area contributed by atoms with E-state index in [9.17, 15) is 14.4 Å². The molecule has 0 aromatic heterocycles. The summed E-state index contributed by atoms with van der Waals surface area (Å²) in [4.78, 5) is 37.4. The molecule has 156 valence electrons. The third-order valence-electron chi connectivity index (χ3n) is 4.04. The minimum Gasteiger partial charge on any atom is -0.495 e. The number of para-hydroxylation sites is 2. The molecule has 2 aromatic rings. The standard InChI is InChI=1S/C21H19NO7S/c1-3-28-17-10-13(8-9-16(17)29-12-19(23)24)11-18-20(25)22(21(26)30-18)14-6-4-5-7-15(14)27-2/h4-11H,3,12H2,1-2H3,(H,23,24)/b18-11-. The first-order chi connectivity index (χ1) is 14.4. The van der Waals surface area contributed by atoms with E-state index in [0.717, 1.165) is 16.7 Å². The number of aliphatic carboxylic acids is 1. The normalized spacial score (nSPS) is 14.9. The number of carboxylic acids is 1. The van der Waals surface area contributed by atoms with E-state index in [2.05, 4.69) is 0 Å². The van der Waals surface area contributed by atoms with Gasteiger partial charge in [0.15, 0.2) is 18.1 Å². The number of benzene rings is 2. The molecule has 3 rings (SSSR count). The van der Waals surface area contributed by atoms with E-state index in [1.807, 2.05) is 0 Å². The molecule has 9 heteroatoms. The first-order valence-corrected chi connectivity index (χ1v) is 9.78. The molecule has 1 aliphatic rings. The summed E-state index contributed by atoms with van der Waals surface area (Å²) in [5.74, 6) is -0.528. The van der Waals surface area contributed by atoms with Gasteiger partial charge in [-0.1, -0.05) is 18.2 Å². The van der Waals surface area contributed by atoms with Gasteiger partial charge in [-0.25, -0.2) is 9.69 Å². The number of rotatable bonds is 8. The van der Waals surface area contributed by atoms with Crippen LogP contribution >= 0.6 is 11.8 Å². The Morgan fingerprint density at radius 1 is 1.10 bits per heavy atom. The summed E-state index contributed by atoms with van der Waals surface area (Å²) in [6.45, 7) is 1.63. The molecule has 30 heavy (non-hydrogen) atoms.